The predicted molar refractivity (Wildman–Crippen MR) is 97.0 cm³/mol. The van der Waals surface area contributed by atoms with Crippen LogP contribution in [0.3, 0.4) is 0 Å². The number of aliphatic hydroxyl groups excluding tert-OH is 2. The van der Waals surface area contributed by atoms with Crippen LogP contribution in [0.25, 0.3) is 0 Å². The van der Waals surface area contributed by atoms with Gasteiger partial charge in [-0.1, -0.05) is 0 Å². The Morgan fingerprint density at radius 2 is 1.77 bits per heavy atom. The van der Waals surface area contributed by atoms with E-state index >= 15 is 0 Å². The average Bonchev–Trinajstić information content (AvgIpc) is 2.92. The lowest BCUT2D eigenvalue weighted by Crippen LogP contribution is -2.54. The first-order valence-electron chi connectivity index (χ1n) is 9.13. The van der Waals surface area contributed by atoms with Crippen LogP contribution in [0.1, 0.15) is 37.5 Å². The fraction of sp³-hybridized carbons (Fsp3) is 0.556. The van der Waals surface area contributed by atoms with Gasteiger partial charge in [-0.3, -0.25) is 0 Å². The number of hydrogen-bond acceptors (Lipinski definition) is 8. The van der Waals surface area contributed by atoms with Gasteiger partial charge in [0.2, 0.25) is 0 Å². The molecular formula is C18H24N6O2. The molecule has 2 aromatic rings. The molecule has 0 aliphatic carbocycles. The average molecular weight is 356 g/mol. The van der Waals surface area contributed by atoms with E-state index in [2.05, 4.69) is 29.7 Å². The Balaban J connectivity index is 1.54. The lowest BCUT2D eigenvalue weighted by molar-refractivity contribution is 0.189. The highest BCUT2D eigenvalue weighted by Gasteiger charge is 2.41. The van der Waals surface area contributed by atoms with E-state index in [-0.39, 0.29) is 6.61 Å². The molecule has 2 N–H and O–H groups in total. The summed E-state index contributed by atoms with van der Waals surface area (Å²) < 4.78 is 0. The van der Waals surface area contributed by atoms with E-state index in [9.17, 15) is 5.11 Å². The maximum absolute atomic E-state index is 9.77. The highest BCUT2D eigenvalue weighted by Crippen LogP contribution is 2.35. The highest BCUT2D eigenvalue weighted by atomic mass is 16.3. The Labute approximate surface area is 152 Å². The van der Waals surface area contributed by atoms with Crippen molar-refractivity contribution in [2.45, 2.75) is 44.4 Å². The molecule has 3 atom stereocenters. The van der Waals surface area contributed by atoms with Gasteiger partial charge in [-0.15, -0.1) is 0 Å². The van der Waals surface area contributed by atoms with Gasteiger partial charge in [0, 0.05) is 44.0 Å². The van der Waals surface area contributed by atoms with Crippen molar-refractivity contribution in [3.05, 3.63) is 36.2 Å². The fourth-order valence-corrected chi connectivity index (χ4v) is 3.96. The lowest BCUT2D eigenvalue weighted by Gasteiger charge is -2.42. The number of hydrogen-bond donors (Lipinski definition) is 2. The smallest absolute Gasteiger partial charge is 0.158 e. The lowest BCUT2D eigenvalue weighted by atomic mass is 10.2. The number of rotatable bonds is 5. The summed E-state index contributed by atoms with van der Waals surface area (Å²) in [6.45, 7) is 3.49. The molecule has 2 aliphatic heterocycles. The summed E-state index contributed by atoms with van der Waals surface area (Å²) in [5.74, 6) is 2.96. The van der Waals surface area contributed by atoms with Crippen molar-refractivity contribution < 1.29 is 10.2 Å². The third kappa shape index (κ3) is 3.22. The maximum atomic E-state index is 9.77. The van der Waals surface area contributed by atoms with Gasteiger partial charge in [0.25, 0.3) is 0 Å². The summed E-state index contributed by atoms with van der Waals surface area (Å²) in [7, 11) is 0. The van der Waals surface area contributed by atoms with Gasteiger partial charge >= 0.3 is 0 Å². The molecule has 26 heavy (non-hydrogen) atoms. The first-order valence-corrected chi connectivity index (χ1v) is 9.13. The van der Waals surface area contributed by atoms with Crippen molar-refractivity contribution in [3.8, 4) is 0 Å². The Kier molecular flexibility index (Phi) is 4.69. The zero-order valence-corrected chi connectivity index (χ0v) is 14.9. The molecule has 0 radical (unpaired) electrons. The minimum absolute atomic E-state index is 0.0573. The van der Waals surface area contributed by atoms with E-state index in [1.807, 2.05) is 12.1 Å². The molecule has 0 saturated carbocycles. The summed E-state index contributed by atoms with van der Waals surface area (Å²) in [6, 6.07) is 4.59. The fourth-order valence-electron chi connectivity index (χ4n) is 3.96. The summed E-state index contributed by atoms with van der Waals surface area (Å²) >= 11 is 0. The molecule has 2 aliphatic rings. The number of aromatic nitrogens is 4. The molecule has 2 saturated heterocycles. The van der Waals surface area contributed by atoms with E-state index in [0.29, 0.717) is 30.2 Å². The first kappa shape index (κ1) is 17.1. The van der Waals surface area contributed by atoms with Gasteiger partial charge in [-0.25, -0.2) is 19.9 Å². The summed E-state index contributed by atoms with van der Waals surface area (Å²) in [4.78, 5) is 22.2. The van der Waals surface area contributed by atoms with Gasteiger partial charge in [0.1, 0.15) is 23.6 Å². The Bertz CT molecular complexity index is 757. The van der Waals surface area contributed by atoms with Crippen LogP contribution in [0, 0.1) is 0 Å². The monoisotopic (exact) mass is 356 g/mol. The van der Waals surface area contributed by atoms with E-state index in [4.69, 9.17) is 5.11 Å². The molecule has 3 unspecified atom stereocenters. The predicted octanol–water partition coefficient (Wildman–Crippen LogP) is 0.712. The Morgan fingerprint density at radius 1 is 1.08 bits per heavy atom. The summed E-state index contributed by atoms with van der Waals surface area (Å²) in [5, 5.41) is 18.9. The van der Waals surface area contributed by atoms with E-state index in [1.54, 1.807) is 19.3 Å². The van der Waals surface area contributed by atoms with E-state index in [0.717, 1.165) is 37.6 Å². The van der Waals surface area contributed by atoms with Crippen molar-refractivity contribution in [1.82, 2.24) is 19.9 Å². The topological polar surface area (TPSA) is 98.5 Å². The van der Waals surface area contributed by atoms with Gasteiger partial charge in [-0.05, 0) is 31.9 Å². The van der Waals surface area contributed by atoms with Crippen LogP contribution in [0.15, 0.2) is 24.5 Å². The van der Waals surface area contributed by atoms with Crippen molar-refractivity contribution in [2.24, 2.45) is 0 Å². The van der Waals surface area contributed by atoms with Gasteiger partial charge in [0.15, 0.2) is 5.82 Å². The van der Waals surface area contributed by atoms with Crippen LogP contribution in [0.2, 0.25) is 0 Å². The second-order valence-corrected chi connectivity index (χ2v) is 6.95. The van der Waals surface area contributed by atoms with Crippen molar-refractivity contribution in [3.63, 3.8) is 0 Å². The summed E-state index contributed by atoms with van der Waals surface area (Å²) in [6.07, 6.45) is 5.53. The van der Waals surface area contributed by atoms with Crippen LogP contribution >= 0.6 is 0 Å². The first-order chi connectivity index (χ1) is 12.7. The quantitative estimate of drug-likeness (QED) is 0.808. The molecule has 2 fully saturated rings. The normalized spacial score (nSPS) is 23.3. The molecule has 0 spiro atoms. The molecule has 138 valence electrons. The Hall–Kier alpha value is -2.32. The molecular weight excluding hydrogens is 332 g/mol. The number of nitrogens with zero attached hydrogens (tertiary/aromatic N) is 6. The minimum Gasteiger partial charge on any atom is -0.396 e. The second kappa shape index (κ2) is 7.13. The largest absolute Gasteiger partial charge is 0.396 e. The van der Waals surface area contributed by atoms with Crippen LogP contribution in [0.4, 0.5) is 11.6 Å². The minimum atomic E-state index is -0.667. The number of piperazine rings is 1. The van der Waals surface area contributed by atoms with E-state index in [1.165, 1.54) is 0 Å². The third-order valence-corrected chi connectivity index (χ3v) is 5.13. The van der Waals surface area contributed by atoms with E-state index < -0.39 is 6.10 Å². The SMILES string of the molecule is CC(O)c1nccc(N2C3CCC2CN(c2ccnc(CCO)n2)C3)n1. The molecule has 0 amide bonds. The van der Waals surface area contributed by atoms with Crippen LogP contribution in [-0.2, 0) is 6.42 Å². The van der Waals surface area contributed by atoms with Crippen LogP contribution in [0.5, 0.6) is 0 Å². The zero-order chi connectivity index (χ0) is 18.1. The maximum Gasteiger partial charge on any atom is 0.158 e. The van der Waals surface area contributed by atoms with Gasteiger partial charge < -0.3 is 20.0 Å². The number of fused-ring (bicyclic) bond motifs is 2. The molecule has 8 nitrogen and oxygen atoms in total. The molecule has 2 aromatic heterocycles. The molecule has 4 rings (SSSR count). The highest BCUT2D eigenvalue weighted by molar-refractivity contribution is 5.49. The van der Waals surface area contributed by atoms with Crippen molar-refractivity contribution >= 4 is 11.6 Å². The molecule has 4 heterocycles. The molecule has 0 aromatic carbocycles. The van der Waals surface area contributed by atoms with Gasteiger partial charge in [0.05, 0.1) is 6.61 Å². The standard InChI is InChI=1S/C18H24N6O2/c1-12(26)18-20-8-5-17(22-18)24-13-2-3-14(24)11-23(10-13)16-4-7-19-15(21-16)6-9-25/h4-5,7-8,12-14,25-26H,2-3,6,9-11H2,1H3. The number of aliphatic hydroxyl groups is 2. The van der Waals surface area contributed by atoms with Crippen LogP contribution < -0.4 is 9.80 Å². The summed E-state index contributed by atoms with van der Waals surface area (Å²) in [5.41, 5.74) is 0. The Morgan fingerprint density at radius 3 is 2.46 bits per heavy atom. The van der Waals surface area contributed by atoms with Crippen molar-refractivity contribution in [2.75, 3.05) is 29.5 Å². The van der Waals surface area contributed by atoms with Crippen molar-refractivity contribution in [1.29, 1.82) is 0 Å². The van der Waals surface area contributed by atoms with Crippen LogP contribution in [-0.4, -0.2) is 61.9 Å². The molecule has 8 heteroatoms. The third-order valence-electron chi connectivity index (χ3n) is 5.13. The number of anilines is 2. The second-order valence-electron chi connectivity index (χ2n) is 6.95. The zero-order valence-electron chi connectivity index (χ0n) is 14.9. The molecule has 2 bridgehead atoms. The van der Waals surface area contributed by atoms with Gasteiger partial charge in [-0.2, -0.15) is 0 Å².